The van der Waals surface area contributed by atoms with E-state index in [1.54, 1.807) is 0 Å². The number of aliphatic imine (C=N–C) groups is 1. The fourth-order valence-corrected chi connectivity index (χ4v) is 3.69. The van der Waals surface area contributed by atoms with Gasteiger partial charge in [0.25, 0.3) is 0 Å². The van der Waals surface area contributed by atoms with E-state index in [-0.39, 0.29) is 0 Å². The molecule has 0 aromatic heterocycles. The van der Waals surface area contributed by atoms with E-state index in [2.05, 4.69) is 90.8 Å². The van der Waals surface area contributed by atoms with Crippen LogP contribution in [0.2, 0.25) is 0 Å². The van der Waals surface area contributed by atoms with Crippen molar-refractivity contribution in [1.29, 1.82) is 0 Å². The second-order valence-corrected chi connectivity index (χ2v) is 8.18. The zero-order valence-corrected chi connectivity index (χ0v) is 20.7. The van der Waals surface area contributed by atoms with Gasteiger partial charge in [-0.1, -0.05) is 55.9 Å². The molecule has 0 aromatic rings. The minimum absolute atomic E-state index is 0.768. The maximum Gasteiger partial charge on any atom is 0.0701 e. The Labute approximate surface area is 196 Å². The van der Waals surface area contributed by atoms with E-state index >= 15 is 0 Å². The first kappa shape index (κ1) is 25.7. The summed E-state index contributed by atoms with van der Waals surface area (Å²) < 4.78 is 0. The molecular formula is C28H42N4. The van der Waals surface area contributed by atoms with E-state index in [4.69, 9.17) is 0 Å². The van der Waals surface area contributed by atoms with E-state index in [0.717, 1.165) is 57.7 Å². The molecule has 1 fully saturated rings. The van der Waals surface area contributed by atoms with E-state index in [9.17, 15) is 0 Å². The van der Waals surface area contributed by atoms with Crippen LogP contribution in [0.15, 0.2) is 87.9 Å². The molecule has 2 aliphatic rings. The van der Waals surface area contributed by atoms with E-state index in [1.807, 2.05) is 19.2 Å². The van der Waals surface area contributed by atoms with Gasteiger partial charge in [-0.15, -0.1) is 0 Å². The summed E-state index contributed by atoms with van der Waals surface area (Å²) in [4.78, 5) is 7.15. The lowest BCUT2D eigenvalue weighted by Crippen LogP contribution is -2.32. The summed E-state index contributed by atoms with van der Waals surface area (Å²) in [6, 6.07) is 0. The predicted molar refractivity (Wildman–Crippen MR) is 141 cm³/mol. The average Bonchev–Trinajstić information content (AvgIpc) is 3.10. The molecule has 4 nitrogen and oxygen atoms in total. The van der Waals surface area contributed by atoms with Crippen LogP contribution >= 0.6 is 0 Å². The fourth-order valence-electron chi connectivity index (χ4n) is 3.69. The molecule has 2 N–H and O–H groups in total. The third-order valence-corrected chi connectivity index (χ3v) is 5.69. The lowest BCUT2D eigenvalue weighted by atomic mass is 9.99. The zero-order valence-electron chi connectivity index (χ0n) is 20.7. The molecule has 0 bridgehead atoms. The van der Waals surface area contributed by atoms with Crippen LogP contribution < -0.4 is 10.6 Å². The molecule has 1 aliphatic heterocycles. The van der Waals surface area contributed by atoms with Crippen molar-refractivity contribution >= 4 is 5.71 Å². The Balaban J connectivity index is 2.23. The number of hydrogen-bond acceptors (Lipinski definition) is 4. The van der Waals surface area contributed by atoms with Crippen molar-refractivity contribution in [2.24, 2.45) is 4.99 Å². The van der Waals surface area contributed by atoms with Crippen molar-refractivity contribution in [3.63, 3.8) is 0 Å². The fraction of sp³-hybridized carbons (Fsp3) is 0.464. The lowest BCUT2D eigenvalue weighted by molar-refractivity contribution is 0.369. The molecule has 4 heteroatoms. The summed E-state index contributed by atoms with van der Waals surface area (Å²) in [5, 5.41) is 7.23. The molecular weight excluding hydrogens is 392 g/mol. The normalized spacial score (nSPS) is 21.5. The maximum atomic E-state index is 4.64. The zero-order chi connectivity index (χ0) is 23.2. The third-order valence-electron chi connectivity index (χ3n) is 5.69. The monoisotopic (exact) mass is 434 g/mol. The highest BCUT2D eigenvalue weighted by Crippen LogP contribution is 2.19. The van der Waals surface area contributed by atoms with Crippen molar-refractivity contribution in [3.05, 3.63) is 82.9 Å². The van der Waals surface area contributed by atoms with Gasteiger partial charge in [-0.05, 0) is 69.9 Å². The van der Waals surface area contributed by atoms with Gasteiger partial charge in [-0.25, -0.2) is 0 Å². The molecule has 0 spiro atoms. The Kier molecular flexibility index (Phi) is 11.6. The Bertz CT molecular complexity index is 839. The Morgan fingerprint density at radius 2 is 2.00 bits per heavy atom. The largest absolute Gasteiger partial charge is 0.380 e. The molecule has 2 rings (SSSR count). The summed E-state index contributed by atoms with van der Waals surface area (Å²) in [6.45, 7) is 15.7. The Morgan fingerprint density at radius 1 is 1.16 bits per heavy atom. The van der Waals surface area contributed by atoms with Crippen LogP contribution in [0.1, 0.15) is 53.9 Å². The van der Waals surface area contributed by atoms with Crippen LogP contribution in [-0.4, -0.2) is 43.3 Å². The number of hydrogen-bond donors (Lipinski definition) is 2. The van der Waals surface area contributed by atoms with Crippen LogP contribution in [0.25, 0.3) is 0 Å². The highest BCUT2D eigenvalue weighted by Gasteiger charge is 2.16. The first-order valence-electron chi connectivity index (χ1n) is 12.1. The van der Waals surface area contributed by atoms with E-state index in [1.165, 1.54) is 28.1 Å². The molecule has 0 radical (unpaired) electrons. The summed E-state index contributed by atoms with van der Waals surface area (Å²) in [6.07, 6.45) is 22.6. The van der Waals surface area contributed by atoms with Gasteiger partial charge in [0, 0.05) is 32.4 Å². The standard InChI is InChI=1S/C28H42N4/c1-6-11-25-14-13-24(21-27(25)30-16-7-2)22-31-26(9-4)28(15-12-23(5)8-3)32-19-10-17-29-18-20-32/h7,9,11-16,21,29,31H,6,8,10,17-20,22H2,1-5H3/b16-7-,23-12+,25-11+,26-9+,28-15+,30-27+. The van der Waals surface area contributed by atoms with Crippen molar-refractivity contribution in [3.8, 4) is 0 Å². The molecule has 1 aliphatic carbocycles. The predicted octanol–water partition coefficient (Wildman–Crippen LogP) is 5.82. The van der Waals surface area contributed by atoms with Gasteiger partial charge in [0.05, 0.1) is 17.1 Å². The summed E-state index contributed by atoms with van der Waals surface area (Å²) in [7, 11) is 0. The first-order valence-corrected chi connectivity index (χ1v) is 12.1. The summed E-state index contributed by atoms with van der Waals surface area (Å²) in [5.41, 5.74) is 7.31. The molecule has 0 aromatic carbocycles. The van der Waals surface area contributed by atoms with Gasteiger partial charge in [0.2, 0.25) is 0 Å². The van der Waals surface area contributed by atoms with Gasteiger partial charge < -0.3 is 15.5 Å². The van der Waals surface area contributed by atoms with Gasteiger partial charge in [-0.2, -0.15) is 0 Å². The van der Waals surface area contributed by atoms with Gasteiger partial charge >= 0.3 is 0 Å². The van der Waals surface area contributed by atoms with Gasteiger partial charge in [-0.3, -0.25) is 4.99 Å². The van der Waals surface area contributed by atoms with Crippen molar-refractivity contribution < 1.29 is 0 Å². The number of nitrogens with zero attached hydrogens (tertiary/aromatic N) is 2. The molecule has 1 heterocycles. The van der Waals surface area contributed by atoms with Crippen LogP contribution in [0.3, 0.4) is 0 Å². The SMILES string of the molecule is C\C=C/N=C1\C=C(CNC(=C/C)/C(=C\C=C(/C)CC)N2CCCNCC2)C=C\C1=C/CC. The third kappa shape index (κ3) is 8.16. The number of nitrogens with one attached hydrogen (secondary N) is 2. The minimum Gasteiger partial charge on any atom is -0.380 e. The Morgan fingerprint density at radius 3 is 2.72 bits per heavy atom. The summed E-state index contributed by atoms with van der Waals surface area (Å²) >= 11 is 0. The minimum atomic E-state index is 0.768. The van der Waals surface area contributed by atoms with E-state index < -0.39 is 0 Å². The quantitative estimate of drug-likeness (QED) is 0.449. The van der Waals surface area contributed by atoms with Crippen LogP contribution in [0.5, 0.6) is 0 Å². The smallest absolute Gasteiger partial charge is 0.0701 e. The molecule has 0 amide bonds. The maximum absolute atomic E-state index is 4.64. The van der Waals surface area contributed by atoms with Crippen LogP contribution in [0, 0.1) is 0 Å². The van der Waals surface area contributed by atoms with Crippen molar-refractivity contribution in [2.75, 3.05) is 32.7 Å². The van der Waals surface area contributed by atoms with Crippen LogP contribution in [0.4, 0.5) is 0 Å². The van der Waals surface area contributed by atoms with Crippen molar-refractivity contribution in [1.82, 2.24) is 15.5 Å². The van der Waals surface area contributed by atoms with Crippen molar-refractivity contribution in [2.45, 2.75) is 53.9 Å². The highest BCUT2D eigenvalue weighted by molar-refractivity contribution is 6.12. The molecule has 0 saturated carbocycles. The van der Waals surface area contributed by atoms with Crippen LogP contribution in [-0.2, 0) is 0 Å². The van der Waals surface area contributed by atoms with Gasteiger partial charge in [0.1, 0.15) is 0 Å². The lowest BCUT2D eigenvalue weighted by Gasteiger charge is -2.28. The van der Waals surface area contributed by atoms with E-state index in [0.29, 0.717) is 0 Å². The first-order chi connectivity index (χ1) is 15.6. The molecule has 1 saturated heterocycles. The summed E-state index contributed by atoms with van der Waals surface area (Å²) in [5.74, 6) is 0. The Hall–Kier alpha value is -2.59. The molecule has 0 atom stereocenters. The van der Waals surface area contributed by atoms with Gasteiger partial charge in [0.15, 0.2) is 0 Å². The molecule has 0 unspecified atom stereocenters. The highest BCUT2D eigenvalue weighted by atomic mass is 15.2. The second-order valence-electron chi connectivity index (χ2n) is 8.18. The number of allylic oxidation sites excluding steroid dienone is 9. The topological polar surface area (TPSA) is 39.7 Å². The second kappa shape index (κ2) is 14.5. The number of rotatable bonds is 9. The molecule has 174 valence electrons. The molecule has 32 heavy (non-hydrogen) atoms. The average molecular weight is 435 g/mol.